The molecule has 0 amide bonds. The minimum absolute atomic E-state index is 0.129. The molecule has 5 nitrogen and oxygen atoms in total. The van der Waals surface area contributed by atoms with Gasteiger partial charge in [-0.3, -0.25) is 4.79 Å². The molecule has 0 aliphatic rings. The third kappa shape index (κ3) is 4.66. The molecule has 0 aliphatic carbocycles. The number of rotatable bonds is 6. The number of carboxylic acids is 1. The lowest BCUT2D eigenvalue weighted by molar-refractivity contribution is -0.136. The van der Waals surface area contributed by atoms with Gasteiger partial charge in [0.2, 0.25) is 0 Å². The third-order valence-electron chi connectivity index (χ3n) is 3.50. The molecule has 0 saturated carbocycles. The van der Waals surface area contributed by atoms with Crippen LogP contribution in [-0.2, 0) is 21.2 Å². The Bertz CT molecular complexity index is 805. The highest BCUT2D eigenvalue weighted by Gasteiger charge is 2.31. The molecule has 0 radical (unpaired) electrons. The molecule has 24 heavy (non-hydrogen) atoms. The molecular formula is C17H21NO4S2. The summed E-state index contributed by atoms with van der Waals surface area (Å²) < 4.78 is 28.3. The van der Waals surface area contributed by atoms with E-state index in [9.17, 15) is 13.2 Å². The van der Waals surface area contributed by atoms with Gasteiger partial charge < -0.3 is 5.11 Å². The van der Waals surface area contributed by atoms with Gasteiger partial charge in [0.15, 0.2) is 0 Å². The van der Waals surface area contributed by atoms with Crippen LogP contribution in [0, 0.1) is 5.41 Å². The smallest absolute Gasteiger partial charge is 0.308 e. The maximum atomic E-state index is 12.7. The minimum atomic E-state index is -3.73. The quantitative estimate of drug-likeness (QED) is 0.819. The van der Waals surface area contributed by atoms with Crippen molar-refractivity contribution in [1.29, 1.82) is 0 Å². The van der Waals surface area contributed by atoms with E-state index in [1.807, 2.05) is 51.1 Å². The van der Waals surface area contributed by atoms with E-state index in [4.69, 9.17) is 5.11 Å². The van der Waals surface area contributed by atoms with Crippen molar-refractivity contribution in [2.75, 3.05) is 0 Å². The van der Waals surface area contributed by atoms with E-state index in [1.165, 1.54) is 6.07 Å². The van der Waals surface area contributed by atoms with Crippen molar-refractivity contribution < 1.29 is 18.3 Å². The summed E-state index contributed by atoms with van der Waals surface area (Å²) in [7, 11) is -3.73. The predicted octanol–water partition coefficient (Wildman–Crippen LogP) is 3.44. The van der Waals surface area contributed by atoms with Crippen LogP contribution in [0.25, 0.3) is 0 Å². The minimum Gasteiger partial charge on any atom is -0.481 e. The highest BCUT2D eigenvalue weighted by atomic mass is 32.2. The van der Waals surface area contributed by atoms with E-state index in [0.717, 1.165) is 16.9 Å². The predicted molar refractivity (Wildman–Crippen MR) is 94.6 cm³/mol. The van der Waals surface area contributed by atoms with Gasteiger partial charge in [-0.15, -0.1) is 11.3 Å². The third-order valence-corrected chi connectivity index (χ3v) is 6.50. The summed E-state index contributed by atoms with van der Waals surface area (Å²) in [6.45, 7) is 5.91. The van der Waals surface area contributed by atoms with E-state index in [0.29, 0.717) is 4.88 Å². The molecule has 0 spiro atoms. The Hall–Kier alpha value is -1.70. The van der Waals surface area contributed by atoms with E-state index < -0.39 is 22.0 Å². The molecule has 1 aromatic heterocycles. The Balaban J connectivity index is 2.31. The fraction of sp³-hybridized carbons (Fsp3) is 0.353. The highest BCUT2D eigenvalue weighted by Crippen LogP contribution is 2.34. The van der Waals surface area contributed by atoms with Crippen LogP contribution >= 0.6 is 11.3 Å². The molecule has 1 heterocycles. The summed E-state index contributed by atoms with van der Waals surface area (Å²) in [5.41, 5.74) is 0.561. The Morgan fingerprint density at radius 2 is 1.79 bits per heavy atom. The van der Waals surface area contributed by atoms with Gasteiger partial charge in [0.05, 0.1) is 12.5 Å². The van der Waals surface area contributed by atoms with E-state index >= 15 is 0 Å². The summed E-state index contributed by atoms with van der Waals surface area (Å²) in [6, 6.07) is 12.0. The second-order valence-corrected chi connectivity index (χ2v) is 9.73. The first kappa shape index (κ1) is 18.6. The number of carboxylic acid groups (broad SMARTS) is 1. The summed E-state index contributed by atoms with van der Waals surface area (Å²) in [5, 5.41) is 8.82. The molecule has 1 atom stereocenters. The van der Waals surface area contributed by atoms with Gasteiger partial charge in [-0.1, -0.05) is 51.1 Å². The van der Waals surface area contributed by atoms with Gasteiger partial charge in [0, 0.05) is 4.88 Å². The summed E-state index contributed by atoms with van der Waals surface area (Å²) in [6.07, 6.45) is -0.179. The van der Waals surface area contributed by atoms with Gasteiger partial charge in [0.1, 0.15) is 4.21 Å². The molecule has 130 valence electrons. The lowest BCUT2D eigenvalue weighted by atomic mass is 9.83. The van der Waals surface area contributed by atoms with Crippen LogP contribution in [0.15, 0.2) is 46.7 Å². The van der Waals surface area contributed by atoms with Crippen LogP contribution in [-0.4, -0.2) is 19.5 Å². The molecule has 0 saturated heterocycles. The largest absolute Gasteiger partial charge is 0.481 e. The first-order chi connectivity index (χ1) is 11.1. The van der Waals surface area contributed by atoms with E-state index in [-0.39, 0.29) is 16.0 Å². The second kappa shape index (κ2) is 7.04. The van der Waals surface area contributed by atoms with Crippen LogP contribution in [0.5, 0.6) is 0 Å². The lowest BCUT2D eigenvalue weighted by Crippen LogP contribution is -2.36. The van der Waals surface area contributed by atoms with Crippen LogP contribution in [0.2, 0.25) is 0 Å². The van der Waals surface area contributed by atoms with Crippen molar-refractivity contribution >= 4 is 27.3 Å². The van der Waals surface area contributed by atoms with Crippen LogP contribution in [0.3, 0.4) is 0 Å². The summed E-state index contributed by atoms with van der Waals surface area (Å²) in [5.74, 6) is -0.981. The molecular weight excluding hydrogens is 346 g/mol. The number of hydrogen-bond acceptors (Lipinski definition) is 4. The number of aliphatic carboxylic acids is 1. The highest BCUT2D eigenvalue weighted by molar-refractivity contribution is 7.91. The van der Waals surface area contributed by atoms with Gasteiger partial charge in [-0.2, -0.15) is 0 Å². The van der Waals surface area contributed by atoms with Gasteiger partial charge in [-0.25, -0.2) is 13.1 Å². The molecule has 1 unspecified atom stereocenters. The monoisotopic (exact) mass is 367 g/mol. The standard InChI is InChI=1S/C17H21NO4S2/c1-17(2,3)16(12-7-5-4-6-8-12)18-24(21,22)15-10-9-13(23-15)11-14(19)20/h4-10,16,18H,11H2,1-3H3,(H,19,20). The zero-order valence-electron chi connectivity index (χ0n) is 13.8. The van der Waals surface area contributed by atoms with Crippen LogP contribution < -0.4 is 4.72 Å². The SMILES string of the molecule is CC(C)(C)C(NS(=O)(=O)c1ccc(CC(=O)O)s1)c1ccccc1. The number of benzene rings is 1. The van der Waals surface area contributed by atoms with Gasteiger partial charge in [0.25, 0.3) is 10.0 Å². The second-order valence-electron chi connectivity index (χ2n) is 6.62. The number of hydrogen-bond donors (Lipinski definition) is 2. The zero-order chi connectivity index (χ0) is 18.0. The topological polar surface area (TPSA) is 83.5 Å². The Kier molecular flexibility index (Phi) is 5.47. The van der Waals surface area contributed by atoms with Gasteiger partial charge in [-0.05, 0) is 23.1 Å². The van der Waals surface area contributed by atoms with Crippen molar-refractivity contribution in [3.05, 3.63) is 52.9 Å². The first-order valence-corrected chi connectivity index (χ1v) is 9.77. The fourth-order valence-electron chi connectivity index (χ4n) is 2.35. The average molecular weight is 367 g/mol. The zero-order valence-corrected chi connectivity index (χ0v) is 15.4. The molecule has 0 aliphatic heterocycles. The number of nitrogens with one attached hydrogen (secondary N) is 1. The average Bonchev–Trinajstić information content (AvgIpc) is 2.93. The number of thiophene rings is 1. The Morgan fingerprint density at radius 1 is 1.17 bits per heavy atom. The molecule has 1 aromatic carbocycles. The van der Waals surface area contributed by atoms with Crippen molar-refractivity contribution in [1.82, 2.24) is 4.72 Å². The van der Waals surface area contributed by atoms with E-state index in [2.05, 4.69) is 4.72 Å². The normalized spacial score (nSPS) is 13.6. The Labute approximate surface area is 146 Å². The van der Waals surface area contributed by atoms with E-state index in [1.54, 1.807) is 6.07 Å². The van der Waals surface area contributed by atoms with Crippen molar-refractivity contribution in [3.63, 3.8) is 0 Å². The van der Waals surface area contributed by atoms with Crippen molar-refractivity contribution in [2.45, 2.75) is 37.4 Å². The Morgan fingerprint density at radius 3 is 2.33 bits per heavy atom. The molecule has 0 bridgehead atoms. The lowest BCUT2D eigenvalue weighted by Gasteiger charge is -2.31. The molecule has 7 heteroatoms. The van der Waals surface area contributed by atoms with Crippen molar-refractivity contribution in [2.24, 2.45) is 5.41 Å². The molecule has 2 rings (SSSR count). The maximum Gasteiger partial charge on any atom is 0.308 e. The molecule has 2 N–H and O–H groups in total. The van der Waals surface area contributed by atoms with Gasteiger partial charge >= 0.3 is 5.97 Å². The fourth-order valence-corrected chi connectivity index (χ4v) is 5.14. The summed E-state index contributed by atoms with van der Waals surface area (Å²) in [4.78, 5) is 11.3. The molecule has 2 aromatic rings. The van der Waals surface area contributed by atoms with Crippen molar-refractivity contribution in [3.8, 4) is 0 Å². The first-order valence-electron chi connectivity index (χ1n) is 7.47. The van der Waals surface area contributed by atoms with Crippen LogP contribution in [0.1, 0.15) is 37.3 Å². The number of carbonyl (C=O) groups is 1. The summed E-state index contributed by atoms with van der Waals surface area (Å²) >= 11 is 0.985. The molecule has 0 fully saturated rings. The number of sulfonamides is 1. The van der Waals surface area contributed by atoms with Crippen LogP contribution in [0.4, 0.5) is 0 Å². The maximum absolute atomic E-state index is 12.7.